The van der Waals surface area contributed by atoms with Crippen LogP contribution in [0.4, 0.5) is 5.69 Å². The molecule has 4 heterocycles. The summed E-state index contributed by atoms with van der Waals surface area (Å²) in [6, 6.07) is 1.83. The van der Waals surface area contributed by atoms with Crippen molar-refractivity contribution < 1.29 is 4.79 Å². The molecule has 0 atom stereocenters. The number of imidazole rings is 1. The molecule has 0 aromatic carbocycles. The summed E-state index contributed by atoms with van der Waals surface area (Å²) in [5.74, 6) is 0.236. The highest BCUT2D eigenvalue weighted by atomic mass is 16.2. The molecule has 0 saturated carbocycles. The molecule has 0 aliphatic rings. The monoisotopic (exact) mass is 382 g/mol. The van der Waals surface area contributed by atoms with E-state index in [1.807, 2.05) is 20.0 Å². The molecule has 4 aromatic heterocycles. The van der Waals surface area contributed by atoms with Gasteiger partial charge in [0.25, 0.3) is 5.56 Å². The molecule has 1 amide bonds. The number of carbonyl (C=O) groups excluding carboxylic acids is 1. The summed E-state index contributed by atoms with van der Waals surface area (Å²) < 4.78 is 2.93. The van der Waals surface area contributed by atoms with E-state index in [0.717, 1.165) is 16.7 Å². The van der Waals surface area contributed by atoms with Crippen LogP contribution in [-0.4, -0.2) is 40.2 Å². The number of carbonyl (C=O) groups is 1. The van der Waals surface area contributed by atoms with E-state index in [9.17, 15) is 14.4 Å². The van der Waals surface area contributed by atoms with Crippen LogP contribution in [0, 0.1) is 6.92 Å². The minimum atomic E-state index is -0.540. The molecule has 0 radical (unpaired) electrons. The molecule has 0 fully saturated rings. The highest BCUT2D eigenvalue weighted by Crippen LogP contribution is 2.19. The fraction of sp³-hybridized carbons (Fsp3) is 0.294. The van der Waals surface area contributed by atoms with E-state index in [-0.39, 0.29) is 29.9 Å². The van der Waals surface area contributed by atoms with E-state index < -0.39 is 11.2 Å². The smallest absolute Gasteiger partial charge is 0.329 e. The zero-order valence-electron chi connectivity index (χ0n) is 15.5. The Morgan fingerprint density at radius 2 is 2.00 bits per heavy atom. The van der Waals surface area contributed by atoms with Crippen LogP contribution in [0.5, 0.6) is 0 Å². The Morgan fingerprint density at radius 3 is 2.79 bits per heavy atom. The number of anilines is 1. The summed E-state index contributed by atoms with van der Waals surface area (Å²) >= 11 is 0. The number of aromatic amines is 2. The fourth-order valence-corrected chi connectivity index (χ4v) is 3.10. The lowest BCUT2D eigenvalue weighted by atomic mass is 10.2. The topological polar surface area (TPSA) is 143 Å². The van der Waals surface area contributed by atoms with Gasteiger partial charge in [-0.15, -0.1) is 0 Å². The Labute approximate surface area is 157 Å². The van der Waals surface area contributed by atoms with E-state index in [1.165, 1.54) is 11.6 Å². The predicted molar refractivity (Wildman–Crippen MR) is 102 cm³/mol. The molecule has 4 rings (SSSR count). The summed E-state index contributed by atoms with van der Waals surface area (Å²) in [4.78, 5) is 49.4. The van der Waals surface area contributed by atoms with Crippen LogP contribution in [0.1, 0.15) is 17.9 Å². The molecule has 0 aliphatic heterocycles. The van der Waals surface area contributed by atoms with Crippen molar-refractivity contribution in [2.45, 2.75) is 19.8 Å². The first-order chi connectivity index (χ1) is 13.3. The van der Waals surface area contributed by atoms with Gasteiger partial charge in [-0.3, -0.25) is 23.8 Å². The van der Waals surface area contributed by atoms with Crippen molar-refractivity contribution in [3.05, 3.63) is 44.6 Å². The average molecular weight is 382 g/mol. The van der Waals surface area contributed by atoms with E-state index in [2.05, 4.69) is 30.4 Å². The molecular formula is C17H18N8O3. The third kappa shape index (κ3) is 2.96. The van der Waals surface area contributed by atoms with Gasteiger partial charge in [0, 0.05) is 32.3 Å². The van der Waals surface area contributed by atoms with Gasteiger partial charge in [0.1, 0.15) is 11.3 Å². The van der Waals surface area contributed by atoms with Crippen molar-refractivity contribution in [1.82, 2.24) is 34.3 Å². The number of aromatic nitrogens is 7. The van der Waals surface area contributed by atoms with Gasteiger partial charge in [0.05, 0.1) is 17.6 Å². The third-order valence-electron chi connectivity index (χ3n) is 4.54. The molecule has 11 heteroatoms. The Hall–Kier alpha value is -3.76. The van der Waals surface area contributed by atoms with Crippen LogP contribution in [-0.2, 0) is 25.3 Å². The molecular weight excluding hydrogens is 364 g/mol. The molecule has 0 spiro atoms. The zero-order chi connectivity index (χ0) is 20.0. The number of fused-ring (bicyclic) bond motifs is 2. The van der Waals surface area contributed by atoms with Crippen LogP contribution in [0.15, 0.2) is 21.9 Å². The molecule has 11 nitrogen and oxygen atoms in total. The highest BCUT2D eigenvalue weighted by molar-refractivity contribution is 5.93. The molecule has 0 saturated heterocycles. The standard InChI is InChI=1S/C17H18N8O3/c1-8-10-6-9(7-18-14(10)25(3)23-8)19-12(26)5-4-11-20-13-15(21-11)24(2)17(28)22-16(13)27/h6-7H,4-5H2,1-3H3,(H,19,26)(H,20,21)(H,22,27,28). The van der Waals surface area contributed by atoms with Crippen molar-refractivity contribution in [2.24, 2.45) is 14.1 Å². The van der Waals surface area contributed by atoms with Crippen molar-refractivity contribution in [3.8, 4) is 0 Å². The minimum absolute atomic E-state index is 0.149. The molecule has 4 aromatic rings. The SMILES string of the molecule is Cc1nn(C)c2ncc(NC(=O)CCc3nc4c([nH]3)c(=O)[nH]c(=O)n4C)cc12. The number of aryl methyl sites for hydroxylation is 4. The molecule has 28 heavy (non-hydrogen) atoms. The maximum absolute atomic E-state index is 12.3. The van der Waals surface area contributed by atoms with Gasteiger partial charge in [-0.1, -0.05) is 0 Å². The second-order valence-electron chi connectivity index (χ2n) is 6.55. The highest BCUT2D eigenvalue weighted by Gasteiger charge is 2.13. The second-order valence-corrected chi connectivity index (χ2v) is 6.55. The first-order valence-corrected chi connectivity index (χ1v) is 8.60. The van der Waals surface area contributed by atoms with Crippen molar-refractivity contribution in [1.29, 1.82) is 0 Å². The van der Waals surface area contributed by atoms with Gasteiger partial charge in [-0.05, 0) is 13.0 Å². The third-order valence-corrected chi connectivity index (χ3v) is 4.54. The van der Waals surface area contributed by atoms with Gasteiger partial charge < -0.3 is 10.3 Å². The van der Waals surface area contributed by atoms with Crippen LogP contribution in [0.3, 0.4) is 0 Å². The van der Waals surface area contributed by atoms with E-state index in [4.69, 9.17) is 0 Å². The number of hydrogen-bond acceptors (Lipinski definition) is 6. The number of pyridine rings is 1. The summed E-state index contributed by atoms with van der Waals surface area (Å²) in [6.45, 7) is 1.88. The van der Waals surface area contributed by atoms with E-state index in [1.54, 1.807) is 10.9 Å². The molecule has 0 bridgehead atoms. The average Bonchev–Trinajstić information content (AvgIpc) is 3.20. The lowest BCUT2D eigenvalue weighted by Crippen LogP contribution is -2.28. The quantitative estimate of drug-likeness (QED) is 0.457. The summed E-state index contributed by atoms with van der Waals surface area (Å²) in [6.07, 6.45) is 2.02. The lowest BCUT2D eigenvalue weighted by Gasteiger charge is -2.04. The Balaban J connectivity index is 1.49. The van der Waals surface area contributed by atoms with Gasteiger partial charge in [0.15, 0.2) is 11.3 Å². The molecule has 0 unspecified atom stereocenters. The lowest BCUT2D eigenvalue weighted by molar-refractivity contribution is -0.116. The normalized spacial score (nSPS) is 11.4. The first-order valence-electron chi connectivity index (χ1n) is 8.60. The maximum atomic E-state index is 12.3. The Kier molecular flexibility index (Phi) is 4.06. The van der Waals surface area contributed by atoms with Crippen molar-refractivity contribution >= 4 is 33.8 Å². The number of hydrogen-bond donors (Lipinski definition) is 3. The molecule has 3 N–H and O–H groups in total. The van der Waals surface area contributed by atoms with E-state index in [0.29, 0.717) is 11.5 Å². The largest absolute Gasteiger partial charge is 0.336 e. The minimum Gasteiger partial charge on any atom is -0.336 e. The zero-order valence-corrected chi connectivity index (χ0v) is 15.5. The number of nitrogens with zero attached hydrogens (tertiary/aromatic N) is 5. The summed E-state index contributed by atoms with van der Waals surface area (Å²) in [5.41, 5.74) is 1.55. The van der Waals surface area contributed by atoms with Gasteiger partial charge in [0.2, 0.25) is 5.91 Å². The second kappa shape index (κ2) is 6.44. The number of H-pyrrole nitrogens is 2. The molecule has 144 valence electrons. The van der Waals surface area contributed by atoms with Crippen LogP contribution in [0.2, 0.25) is 0 Å². The van der Waals surface area contributed by atoms with Crippen LogP contribution < -0.4 is 16.6 Å². The van der Waals surface area contributed by atoms with Gasteiger partial charge in [-0.25, -0.2) is 14.8 Å². The van der Waals surface area contributed by atoms with Crippen molar-refractivity contribution in [2.75, 3.05) is 5.32 Å². The Bertz CT molecular complexity index is 1340. The van der Waals surface area contributed by atoms with Gasteiger partial charge in [-0.2, -0.15) is 5.10 Å². The van der Waals surface area contributed by atoms with Crippen molar-refractivity contribution in [3.63, 3.8) is 0 Å². The summed E-state index contributed by atoms with van der Waals surface area (Å²) in [7, 11) is 3.33. The first kappa shape index (κ1) is 17.6. The maximum Gasteiger partial charge on any atom is 0.329 e. The van der Waals surface area contributed by atoms with Crippen LogP contribution >= 0.6 is 0 Å². The number of nitrogens with one attached hydrogen (secondary N) is 3. The summed E-state index contributed by atoms with van der Waals surface area (Å²) in [5, 5.41) is 7.98. The van der Waals surface area contributed by atoms with Crippen LogP contribution in [0.25, 0.3) is 22.2 Å². The Morgan fingerprint density at radius 1 is 1.21 bits per heavy atom. The van der Waals surface area contributed by atoms with E-state index >= 15 is 0 Å². The number of rotatable bonds is 4. The van der Waals surface area contributed by atoms with Gasteiger partial charge >= 0.3 is 5.69 Å². The molecule has 0 aliphatic carbocycles. The predicted octanol–water partition coefficient (Wildman–Crippen LogP) is 0.111. The number of amides is 1. The fourth-order valence-electron chi connectivity index (χ4n) is 3.10.